The van der Waals surface area contributed by atoms with Crippen molar-refractivity contribution in [1.29, 1.82) is 0 Å². The number of hydrogen-bond acceptors (Lipinski definition) is 3. The molecule has 0 aliphatic carbocycles. The third-order valence-electron chi connectivity index (χ3n) is 3.16. The lowest BCUT2D eigenvalue weighted by atomic mass is 10.0. The highest BCUT2D eigenvalue weighted by molar-refractivity contribution is 6.27. The molecule has 1 saturated heterocycles. The monoisotopic (exact) mass is 296 g/mol. The smallest absolute Gasteiger partial charge is 0.239 e. The van der Waals surface area contributed by atoms with Crippen LogP contribution in [0.5, 0.6) is 0 Å². The zero-order valence-corrected chi connectivity index (χ0v) is 12.0. The lowest BCUT2D eigenvalue weighted by Gasteiger charge is -2.32. The molecule has 0 aromatic heterocycles. The van der Waals surface area contributed by atoms with Gasteiger partial charge in [-0.1, -0.05) is 12.1 Å². The largest absolute Gasteiger partial charge is 0.353 e. The van der Waals surface area contributed by atoms with E-state index in [0.717, 1.165) is 17.7 Å². The van der Waals surface area contributed by atoms with E-state index in [1.54, 1.807) is 4.90 Å². The van der Waals surface area contributed by atoms with E-state index >= 15 is 0 Å². The second-order valence-electron chi connectivity index (χ2n) is 4.67. The molecule has 1 N–H and O–H groups in total. The van der Waals surface area contributed by atoms with Crippen molar-refractivity contribution in [3.63, 3.8) is 0 Å². The van der Waals surface area contributed by atoms with Gasteiger partial charge in [0.05, 0.1) is 6.10 Å². The van der Waals surface area contributed by atoms with E-state index in [2.05, 4.69) is 5.32 Å². The SMILES string of the molecule is CC(=O)Nc1ccc(C2CCN(C(=O)CCl)CO2)cc1. The third kappa shape index (κ3) is 3.71. The summed E-state index contributed by atoms with van der Waals surface area (Å²) in [5.74, 6) is -0.215. The van der Waals surface area contributed by atoms with Crippen LogP contribution in [-0.2, 0) is 14.3 Å². The normalized spacial score (nSPS) is 18.7. The molecule has 5 nitrogen and oxygen atoms in total. The first-order valence-corrected chi connectivity index (χ1v) is 6.96. The van der Waals surface area contributed by atoms with Crippen molar-refractivity contribution in [2.45, 2.75) is 19.4 Å². The minimum atomic E-state index is -0.105. The van der Waals surface area contributed by atoms with Crippen molar-refractivity contribution in [2.24, 2.45) is 0 Å². The standard InChI is InChI=1S/C14H17ClN2O3/c1-10(18)16-12-4-2-11(3-5-12)13-6-7-17(9-20-13)14(19)8-15/h2-5,13H,6-9H2,1H3,(H,16,18). The maximum absolute atomic E-state index is 11.4. The van der Waals surface area contributed by atoms with Gasteiger partial charge >= 0.3 is 0 Å². The van der Waals surface area contributed by atoms with Gasteiger partial charge in [0.15, 0.2) is 0 Å². The van der Waals surface area contributed by atoms with Crippen molar-refractivity contribution in [3.05, 3.63) is 29.8 Å². The topological polar surface area (TPSA) is 58.6 Å². The number of anilines is 1. The molecule has 0 bridgehead atoms. The Morgan fingerprint density at radius 1 is 1.40 bits per heavy atom. The van der Waals surface area contributed by atoms with Gasteiger partial charge in [-0.15, -0.1) is 11.6 Å². The fraction of sp³-hybridized carbons (Fsp3) is 0.429. The summed E-state index contributed by atoms with van der Waals surface area (Å²) < 4.78 is 5.68. The van der Waals surface area contributed by atoms with Crippen molar-refractivity contribution in [2.75, 3.05) is 24.5 Å². The predicted molar refractivity (Wildman–Crippen MR) is 76.5 cm³/mol. The molecule has 1 aliphatic rings. The summed E-state index contributed by atoms with van der Waals surface area (Å²) in [5, 5.41) is 2.72. The maximum Gasteiger partial charge on any atom is 0.239 e. The van der Waals surface area contributed by atoms with Crippen LogP contribution in [0.1, 0.15) is 25.0 Å². The van der Waals surface area contributed by atoms with Gasteiger partial charge in [0.25, 0.3) is 0 Å². The number of alkyl halides is 1. The molecular weight excluding hydrogens is 280 g/mol. The fourth-order valence-corrected chi connectivity index (χ4v) is 2.30. The molecule has 1 unspecified atom stereocenters. The summed E-state index contributed by atoms with van der Waals surface area (Å²) in [7, 11) is 0. The minimum absolute atomic E-state index is 0.0144. The first-order valence-electron chi connectivity index (χ1n) is 6.43. The Bertz CT molecular complexity index is 482. The van der Waals surface area contributed by atoms with E-state index in [9.17, 15) is 9.59 Å². The zero-order chi connectivity index (χ0) is 14.5. The zero-order valence-electron chi connectivity index (χ0n) is 11.3. The quantitative estimate of drug-likeness (QED) is 0.869. The summed E-state index contributed by atoms with van der Waals surface area (Å²) in [6, 6.07) is 7.54. The Balaban J connectivity index is 1.93. The van der Waals surface area contributed by atoms with Crippen LogP contribution in [0, 0.1) is 0 Å². The van der Waals surface area contributed by atoms with E-state index in [1.165, 1.54) is 6.92 Å². The number of benzene rings is 1. The average Bonchev–Trinajstić information content (AvgIpc) is 2.47. The van der Waals surface area contributed by atoms with E-state index in [0.29, 0.717) is 6.54 Å². The van der Waals surface area contributed by atoms with Crippen LogP contribution in [0.25, 0.3) is 0 Å². The van der Waals surface area contributed by atoms with Gasteiger partial charge in [-0.05, 0) is 24.1 Å². The van der Waals surface area contributed by atoms with Gasteiger partial charge in [-0.25, -0.2) is 0 Å². The van der Waals surface area contributed by atoms with E-state index in [4.69, 9.17) is 16.3 Å². The number of halogens is 1. The van der Waals surface area contributed by atoms with Crippen molar-refractivity contribution in [1.82, 2.24) is 4.90 Å². The van der Waals surface area contributed by atoms with Gasteiger partial charge in [0.1, 0.15) is 12.6 Å². The van der Waals surface area contributed by atoms with Crippen LogP contribution in [0.15, 0.2) is 24.3 Å². The number of carbonyl (C=O) groups excluding carboxylic acids is 2. The van der Waals surface area contributed by atoms with Crippen molar-refractivity contribution in [3.8, 4) is 0 Å². The third-order valence-corrected chi connectivity index (χ3v) is 3.39. The molecule has 108 valence electrons. The predicted octanol–water partition coefficient (Wildman–Crippen LogP) is 2.13. The summed E-state index contributed by atoms with van der Waals surface area (Å²) in [6.45, 7) is 2.38. The average molecular weight is 297 g/mol. The summed E-state index contributed by atoms with van der Waals surface area (Å²) in [6.07, 6.45) is 0.711. The Morgan fingerprint density at radius 3 is 2.60 bits per heavy atom. The molecular formula is C14H17ClN2O3. The number of carbonyl (C=O) groups is 2. The maximum atomic E-state index is 11.4. The molecule has 0 radical (unpaired) electrons. The highest BCUT2D eigenvalue weighted by atomic mass is 35.5. The Morgan fingerprint density at radius 2 is 2.10 bits per heavy atom. The highest BCUT2D eigenvalue weighted by Crippen LogP contribution is 2.26. The van der Waals surface area contributed by atoms with Crippen LogP contribution in [0.3, 0.4) is 0 Å². The Labute approximate surface area is 122 Å². The van der Waals surface area contributed by atoms with Gasteiger partial charge in [-0.2, -0.15) is 0 Å². The van der Waals surface area contributed by atoms with E-state index in [-0.39, 0.29) is 30.5 Å². The number of amides is 2. The second kappa shape index (κ2) is 6.72. The molecule has 1 aromatic rings. The van der Waals surface area contributed by atoms with Gasteiger partial charge in [-0.3, -0.25) is 9.59 Å². The lowest BCUT2D eigenvalue weighted by Crippen LogP contribution is -2.39. The molecule has 1 aromatic carbocycles. The first kappa shape index (κ1) is 14.8. The van der Waals surface area contributed by atoms with E-state index in [1.807, 2.05) is 24.3 Å². The molecule has 2 amide bonds. The van der Waals surface area contributed by atoms with Crippen molar-refractivity contribution < 1.29 is 14.3 Å². The number of ether oxygens (including phenoxy) is 1. The van der Waals surface area contributed by atoms with Gasteiger partial charge in [0.2, 0.25) is 11.8 Å². The highest BCUT2D eigenvalue weighted by Gasteiger charge is 2.23. The number of rotatable bonds is 3. The molecule has 6 heteroatoms. The summed E-state index contributed by atoms with van der Waals surface area (Å²) in [4.78, 5) is 24.0. The fourth-order valence-electron chi connectivity index (χ4n) is 2.13. The molecule has 0 saturated carbocycles. The Kier molecular flexibility index (Phi) is 4.98. The summed E-state index contributed by atoms with van der Waals surface area (Å²) >= 11 is 5.52. The number of nitrogens with zero attached hydrogens (tertiary/aromatic N) is 1. The van der Waals surface area contributed by atoms with Gasteiger partial charge < -0.3 is 15.0 Å². The molecule has 1 aliphatic heterocycles. The van der Waals surface area contributed by atoms with Crippen LogP contribution in [0.2, 0.25) is 0 Å². The molecule has 1 atom stereocenters. The van der Waals surface area contributed by atoms with Crippen molar-refractivity contribution >= 4 is 29.1 Å². The van der Waals surface area contributed by atoms with Crippen LogP contribution < -0.4 is 5.32 Å². The Hall–Kier alpha value is -1.59. The lowest BCUT2D eigenvalue weighted by molar-refractivity contribution is -0.143. The van der Waals surface area contributed by atoms with Crippen LogP contribution in [-0.4, -0.2) is 35.9 Å². The summed E-state index contributed by atoms with van der Waals surface area (Å²) in [5.41, 5.74) is 1.80. The second-order valence-corrected chi connectivity index (χ2v) is 4.93. The van der Waals surface area contributed by atoms with Gasteiger partial charge in [0, 0.05) is 19.2 Å². The molecule has 20 heavy (non-hydrogen) atoms. The number of nitrogens with one attached hydrogen (secondary N) is 1. The first-order chi connectivity index (χ1) is 9.60. The van der Waals surface area contributed by atoms with E-state index < -0.39 is 0 Å². The molecule has 0 spiro atoms. The minimum Gasteiger partial charge on any atom is -0.353 e. The van der Waals surface area contributed by atoms with Crippen LogP contribution in [0.4, 0.5) is 5.69 Å². The van der Waals surface area contributed by atoms with Crippen LogP contribution >= 0.6 is 11.6 Å². The molecule has 2 rings (SSSR count). The molecule has 1 heterocycles. The number of hydrogen-bond donors (Lipinski definition) is 1. The molecule has 1 fully saturated rings.